The first-order valence-corrected chi connectivity index (χ1v) is 7.30. The molecule has 2 rings (SSSR count). The normalized spacial score (nSPS) is 24.4. The molecule has 0 amide bonds. The molecule has 1 unspecified atom stereocenters. The number of benzene rings is 1. The van der Waals surface area contributed by atoms with Gasteiger partial charge in [-0.15, -0.1) is 0 Å². The van der Waals surface area contributed by atoms with Crippen molar-refractivity contribution in [3.63, 3.8) is 0 Å². The summed E-state index contributed by atoms with van der Waals surface area (Å²) in [5.74, 6) is 0. The van der Waals surface area contributed by atoms with E-state index in [-0.39, 0.29) is 5.41 Å². The second-order valence-electron chi connectivity index (χ2n) is 6.79. The van der Waals surface area contributed by atoms with E-state index < -0.39 is 0 Å². The topological polar surface area (TPSA) is 12.0 Å². The van der Waals surface area contributed by atoms with Gasteiger partial charge in [-0.2, -0.15) is 0 Å². The number of hydrogen-bond acceptors (Lipinski definition) is 1. The molecule has 0 radical (unpaired) electrons. The maximum Gasteiger partial charge on any atom is 0.0219 e. The highest BCUT2D eigenvalue weighted by Crippen LogP contribution is 2.28. The highest BCUT2D eigenvalue weighted by molar-refractivity contribution is 5.28. The summed E-state index contributed by atoms with van der Waals surface area (Å²) in [5.41, 5.74) is 3.52. The van der Waals surface area contributed by atoms with Crippen molar-refractivity contribution in [2.24, 2.45) is 0 Å². The molecule has 1 N–H and O–H groups in total. The van der Waals surface area contributed by atoms with Gasteiger partial charge in [-0.25, -0.2) is 0 Å². The highest BCUT2D eigenvalue weighted by Gasteiger charge is 2.31. The Kier molecular flexibility index (Phi) is 3.82. The van der Waals surface area contributed by atoms with Crippen molar-refractivity contribution in [2.45, 2.75) is 64.3 Å². The zero-order chi connectivity index (χ0) is 13.2. The molecule has 0 spiro atoms. The van der Waals surface area contributed by atoms with Crippen LogP contribution in [0, 0.1) is 0 Å². The fraction of sp³-hybridized carbons (Fsp3) is 0.647. The van der Waals surface area contributed by atoms with Crippen LogP contribution in [0.25, 0.3) is 0 Å². The van der Waals surface area contributed by atoms with E-state index in [9.17, 15) is 0 Å². The van der Waals surface area contributed by atoms with Crippen LogP contribution in [0.15, 0.2) is 24.3 Å². The summed E-state index contributed by atoms with van der Waals surface area (Å²) >= 11 is 0. The Balaban J connectivity index is 2.11. The van der Waals surface area contributed by atoms with Crippen LogP contribution in [0.2, 0.25) is 0 Å². The first kappa shape index (κ1) is 13.6. The first-order chi connectivity index (χ1) is 8.45. The van der Waals surface area contributed by atoms with Gasteiger partial charge in [0.25, 0.3) is 0 Å². The molecular weight excluding hydrogens is 218 g/mol. The lowest BCUT2D eigenvalue weighted by molar-refractivity contribution is 0.360. The second kappa shape index (κ2) is 5.05. The van der Waals surface area contributed by atoms with Gasteiger partial charge in [-0.3, -0.25) is 0 Å². The third-order valence-electron chi connectivity index (χ3n) is 4.37. The van der Waals surface area contributed by atoms with Crippen molar-refractivity contribution in [1.29, 1.82) is 0 Å². The summed E-state index contributed by atoms with van der Waals surface area (Å²) in [5, 5.41) is 3.71. The lowest BCUT2D eigenvalue weighted by Crippen LogP contribution is -2.41. The van der Waals surface area contributed by atoms with E-state index in [1.54, 1.807) is 0 Å². The van der Waals surface area contributed by atoms with Crippen molar-refractivity contribution in [3.05, 3.63) is 35.4 Å². The molecule has 1 aliphatic heterocycles. The molecule has 1 heterocycles. The van der Waals surface area contributed by atoms with E-state index in [0.717, 1.165) is 0 Å². The van der Waals surface area contributed by atoms with E-state index in [0.29, 0.717) is 5.54 Å². The summed E-state index contributed by atoms with van der Waals surface area (Å²) < 4.78 is 0. The minimum Gasteiger partial charge on any atom is -0.311 e. The largest absolute Gasteiger partial charge is 0.311 e. The lowest BCUT2D eigenvalue weighted by Gasteiger charge is -2.28. The Morgan fingerprint density at radius 3 is 2.28 bits per heavy atom. The van der Waals surface area contributed by atoms with Crippen LogP contribution in [0.3, 0.4) is 0 Å². The van der Waals surface area contributed by atoms with Crippen LogP contribution in [-0.4, -0.2) is 12.1 Å². The van der Waals surface area contributed by atoms with Crippen LogP contribution in [0.1, 0.15) is 58.1 Å². The monoisotopic (exact) mass is 245 g/mol. The van der Waals surface area contributed by atoms with E-state index >= 15 is 0 Å². The Morgan fingerprint density at radius 2 is 1.83 bits per heavy atom. The zero-order valence-electron chi connectivity index (χ0n) is 12.3. The number of hydrogen-bond donors (Lipinski definition) is 1. The molecule has 1 heteroatoms. The maximum absolute atomic E-state index is 3.71. The molecule has 1 aromatic rings. The Bertz CT molecular complexity index is 377. The third-order valence-corrected chi connectivity index (χ3v) is 4.37. The molecule has 1 atom stereocenters. The maximum atomic E-state index is 3.71. The molecule has 1 saturated heterocycles. The number of rotatable bonds is 3. The molecule has 0 aliphatic carbocycles. The van der Waals surface area contributed by atoms with E-state index in [1.807, 2.05) is 0 Å². The quantitative estimate of drug-likeness (QED) is 0.847. The SMILES string of the molecule is CCC1(Cc2ccc(C(C)(C)C)cc2)CCCN1. The summed E-state index contributed by atoms with van der Waals surface area (Å²) in [6.07, 6.45) is 5.06. The van der Waals surface area contributed by atoms with Gasteiger partial charge >= 0.3 is 0 Å². The molecule has 1 nitrogen and oxygen atoms in total. The predicted molar refractivity (Wildman–Crippen MR) is 79.1 cm³/mol. The van der Waals surface area contributed by atoms with Crippen LogP contribution in [-0.2, 0) is 11.8 Å². The smallest absolute Gasteiger partial charge is 0.0219 e. The van der Waals surface area contributed by atoms with Crippen molar-refractivity contribution in [3.8, 4) is 0 Å². The number of nitrogens with one attached hydrogen (secondary N) is 1. The summed E-state index contributed by atoms with van der Waals surface area (Å²) in [7, 11) is 0. The predicted octanol–water partition coefficient (Wildman–Crippen LogP) is 4.06. The fourth-order valence-electron chi connectivity index (χ4n) is 2.96. The van der Waals surface area contributed by atoms with Crippen LogP contribution in [0.5, 0.6) is 0 Å². The van der Waals surface area contributed by atoms with Crippen molar-refractivity contribution < 1.29 is 0 Å². The minimum absolute atomic E-state index is 0.257. The van der Waals surface area contributed by atoms with Gasteiger partial charge in [0.15, 0.2) is 0 Å². The molecular formula is C17H27N. The third kappa shape index (κ3) is 2.95. The van der Waals surface area contributed by atoms with Gasteiger partial charge in [0.05, 0.1) is 0 Å². The van der Waals surface area contributed by atoms with Gasteiger partial charge < -0.3 is 5.32 Å². The molecule has 1 aromatic carbocycles. The zero-order valence-corrected chi connectivity index (χ0v) is 12.3. The molecule has 18 heavy (non-hydrogen) atoms. The van der Waals surface area contributed by atoms with Crippen molar-refractivity contribution >= 4 is 0 Å². The molecule has 100 valence electrons. The van der Waals surface area contributed by atoms with Gasteiger partial charge in [0.1, 0.15) is 0 Å². The minimum atomic E-state index is 0.257. The lowest BCUT2D eigenvalue weighted by atomic mass is 9.84. The van der Waals surface area contributed by atoms with Crippen LogP contribution < -0.4 is 5.32 Å². The van der Waals surface area contributed by atoms with Crippen LogP contribution >= 0.6 is 0 Å². The summed E-state index contributed by atoms with van der Waals surface area (Å²) in [4.78, 5) is 0. The summed E-state index contributed by atoms with van der Waals surface area (Å²) in [6.45, 7) is 10.3. The Hall–Kier alpha value is -0.820. The van der Waals surface area contributed by atoms with E-state index in [1.165, 1.54) is 43.4 Å². The molecule has 0 saturated carbocycles. The van der Waals surface area contributed by atoms with E-state index in [4.69, 9.17) is 0 Å². The van der Waals surface area contributed by atoms with Gasteiger partial charge in [-0.05, 0) is 48.8 Å². The fourth-order valence-corrected chi connectivity index (χ4v) is 2.96. The van der Waals surface area contributed by atoms with E-state index in [2.05, 4.69) is 57.3 Å². The van der Waals surface area contributed by atoms with Gasteiger partial charge in [0, 0.05) is 5.54 Å². The van der Waals surface area contributed by atoms with Gasteiger partial charge in [-0.1, -0.05) is 52.0 Å². The van der Waals surface area contributed by atoms with Crippen molar-refractivity contribution in [1.82, 2.24) is 5.32 Å². The summed E-state index contributed by atoms with van der Waals surface area (Å²) in [6, 6.07) is 9.23. The molecule has 0 bridgehead atoms. The van der Waals surface area contributed by atoms with Crippen molar-refractivity contribution in [2.75, 3.05) is 6.54 Å². The second-order valence-corrected chi connectivity index (χ2v) is 6.79. The average molecular weight is 245 g/mol. The Morgan fingerprint density at radius 1 is 1.17 bits per heavy atom. The standard InChI is InChI=1S/C17H27N/c1-5-17(11-6-12-18-17)13-14-7-9-15(10-8-14)16(2,3)4/h7-10,18H,5-6,11-13H2,1-4H3. The molecule has 1 fully saturated rings. The van der Waals surface area contributed by atoms with Crippen LogP contribution in [0.4, 0.5) is 0 Å². The Labute approximate surface area is 112 Å². The van der Waals surface area contributed by atoms with Gasteiger partial charge in [0.2, 0.25) is 0 Å². The molecule has 1 aliphatic rings. The highest BCUT2D eigenvalue weighted by atomic mass is 15.0. The molecule has 0 aromatic heterocycles. The average Bonchev–Trinajstić information content (AvgIpc) is 2.78. The first-order valence-electron chi connectivity index (χ1n) is 7.30.